The van der Waals surface area contributed by atoms with Crippen LogP contribution in [0.25, 0.3) is 0 Å². The highest BCUT2D eigenvalue weighted by atomic mass is 79.9. The maximum atomic E-state index is 11.4. The Morgan fingerprint density at radius 1 is 1.22 bits per heavy atom. The van der Waals surface area contributed by atoms with Gasteiger partial charge in [0.2, 0.25) is 0 Å². The molecule has 1 heterocycles. The van der Waals surface area contributed by atoms with Crippen LogP contribution in [0.1, 0.15) is 12.0 Å². The first kappa shape index (κ1) is 14.0. The topological polar surface area (TPSA) is 43.4 Å². The Bertz CT molecular complexity index is 472. The van der Waals surface area contributed by atoms with Crippen molar-refractivity contribution < 1.29 is 13.2 Å². The van der Waals surface area contributed by atoms with Gasteiger partial charge in [-0.2, -0.15) is 0 Å². The minimum absolute atomic E-state index is 0.0563. The van der Waals surface area contributed by atoms with Crippen LogP contribution in [0.4, 0.5) is 0 Å². The number of alkyl halides is 1. The minimum Gasteiger partial charge on any atom is -0.376 e. The molecular formula is C13H17BrO3S. The molecule has 1 aromatic carbocycles. The molecule has 3 nitrogen and oxygen atoms in total. The molecule has 0 amide bonds. The summed E-state index contributed by atoms with van der Waals surface area (Å²) in [6.07, 6.45) is 1.69. The van der Waals surface area contributed by atoms with Gasteiger partial charge >= 0.3 is 0 Å². The molecule has 0 bridgehead atoms. The van der Waals surface area contributed by atoms with Crippen molar-refractivity contribution in [2.45, 2.75) is 23.8 Å². The van der Waals surface area contributed by atoms with E-state index in [4.69, 9.17) is 4.74 Å². The Kier molecular flexibility index (Phi) is 4.81. The fourth-order valence-corrected chi connectivity index (χ4v) is 5.54. The van der Waals surface area contributed by atoms with Crippen LogP contribution in [0.5, 0.6) is 0 Å². The van der Waals surface area contributed by atoms with E-state index in [1.807, 2.05) is 18.2 Å². The quantitative estimate of drug-likeness (QED) is 0.613. The lowest BCUT2D eigenvalue weighted by Gasteiger charge is -2.13. The van der Waals surface area contributed by atoms with E-state index in [1.54, 1.807) is 0 Å². The highest BCUT2D eigenvalue weighted by Gasteiger charge is 2.36. The third-order valence-corrected chi connectivity index (χ3v) is 6.06. The van der Waals surface area contributed by atoms with Crippen LogP contribution < -0.4 is 0 Å². The maximum Gasteiger partial charge on any atom is 0.154 e. The Hall–Kier alpha value is -0.390. The van der Waals surface area contributed by atoms with Gasteiger partial charge in [-0.25, -0.2) is 8.42 Å². The Balaban J connectivity index is 1.70. The van der Waals surface area contributed by atoms with Gasteiger partial charge in [-0.3, -0.25) is 0 Å². The molecule has 0 aromatic heterocycles. The fourth-order valence-electron chi connectivity index (χ4n) is 2.08. The average Bonchev–Trinajstić information content (AvgIpc) is 2.59. The molecule has 2 atom stereocenters. The third kappa shape index (κ3) is 4.07. The molecule has 2 unspecified atom stereocenters. The molecule has 0 saturated carbocycles. The van der Waals surface area contributed by atoms with E-state index in [1.165, 1.54) is 5.56 Å². The predicted molar refractivity (Wildman–Crippen MR) is 75.9 cm³/mol. The second-order valence-corrected chi connectivity index (χ2v) is 7.92. The lowest BCUT2D eigenvalue weighted by atomic mass is 10.1. The van der Waals surface area contributed by atoms with E-state index in [0.717, 1.165) is 12.8 Å². The first-order valence-corrected chi connectivity index (χ1v) is 8.80. The molecule has 5 heteroatoms. The van der Waals surface area contributed by atoms with Crippen molar-refractivity contribution in [3.63, 3.8) is 0 Å². The first-order chi connectivity index (χ1) is 8.57. The Labute approximate surface area is 117 Å². The van der Waals surface area contributed by atoms with Gasteiger partial charge in [0.15, 0.2) is 9.84 Å². The third-order valence-electron chi connectivity index (χ3n) is 3.02. The van der Waals surface area contributed by atoms with Crippen LogP contribution in [0.2, 0.25) is 0 Å². The van der Waals surface area contributed by atoms with Crippen molar-refractivity contribution in [2.75, 3.05) is 18.1 Å². The van der Waals surface area contributed by atoms with Gasteiger partial charge in [-0.05, 0) is 18.4 Å². The standard InChI is InChI=1S/C13H17BrO3S/c14-12-9-18(15,16)10-13(12)17-8-4-7-11-5-2-1-3-6-11/h1-3,5-6,12-13H,4,7-10H2. The minimum atomic E-state index is -2.91. The number of hydrogen-bond donors (Lipinski definition) is 0. The van der Waals surface area contributed by atoms with Crippen LogP contribution in [-0.2, 0) is 21.0 Å². The Morgan fingerprint density at radius 2 is 1.94 bits per heavy atom. The molecule has 0 N–H and O–H groups in total. The molecule has 2 rings (SSSR count). The van der Waals surface area contributed by atoms with E-state index in [0.29, 0.717) is 6.61 Å². The van der Waals surface area contributed by atoms with E-state index < -0.39 is 9.84 Å². The zero-order valence-electron chi connectivity index (χ0n) is 10.1. The van der Waals surface area contributed by atoms with Crippen LogP contribution in [0.3, 0.4) is 0 Å². The number of aryl methyl sites for hydroxylation is 1. The number of rotatable bonds is 5. The van der Waals surface area contributed by atoms with Gasteiger partial charge in [0, 0.05) is 6.61 Å². The monoisotopic (exact) mass is 332 g/mol. The maximum absolute atomic E-state index is 11.4. The van der Waals surface area contributed by atoms with Gasteiger partial charge in [-0.1, -0.05) is 46.3 Å². The van der Waals surface area contributed by atoms with Gasteiger partial charge in [0.05, 0.1) is 22.4 Å². The summed E-state index contributed by atoms with van der Waals surface area (Å²) < 4.78 is 28.4. The molecule has 18 heavy (non-hydrogen) atoms. The smallest absolute Gasteiger partial charge is 0.154 e. The highest BCUT2D eigenvalue weighted by molar-refractivity contribution is 9.09. The van der Waals surface area contributed by atoms with Crippen molar-refractivity contribution in [3.05, 3.63) is 35.9 Å². The lowest BCUT2D eigenvalue weighted by Crippen LogP contribution is -2.23. The summed E-state index contributed by atoms with van der Waals surface area (Å²) in [5, 5.41) is 0. The van der Waals surface area contributed by atoms with Gasteiger partial charge in [0.1, 0.15) is 0 Å². The molecule has 100 valence electrons. The van der Waals surface area contributed by atoms with Gasteiger partial charge in [0.25, 0.3) is 0 Å². The molecule has 1 aromatic rings. The number of ether oxygens (including phenoxy) is 1. The van der Waals surface area contributed by atoms with E-state index in [2.05, 4.69) is 28.1 Å². The van der Waals surface area contributed by atoms with E-state index in [9.17, 15) is 8.42 Å². The summed E-state index contributed by atoms with van der Waals surface area (Å²) in [7, 11) is -2.91. The van der Waals surface area contributed by atoms with E-state index >= 15 is 0 Å². The molecule has 0 aliphatic carbocycles. The SMILES string of the molecule is O=S1(=O)CC(Br)C(OCCCc2ccccc2)C1. The van der Waals surface area contributed by atoms with Crippen molar-refractivity contribution in [1.29, 1.82) is 0 Å². The van der Waals surface area contributed by atoms with Gasteiger partial charge < -0.3 is 4.74 Å². The summed E-state index contributed by atoms with van der Waals surface area (Å²) in [6, 6.07) is 10.2. The summed E-state index contributed by atoms with van der Waals surface area (Å²) in [6.45, 7) is 0.608. The second kappa shape index (κ2) is 6.17. The van der Waals surface area contributed by atoms with Crippen molar-refractivity contribution >= 4 is 25.8 Å². The van der Waals surface area contributed by atoms with Crippen molar-refractivity contribution in [3.8, 4) is 0 Å². The largest absolute Gasteiger partial charge is 0.376 e. The summed E-state index contributed by atoms with van der Waals surface area (Å²) in [4.78, 5) is -0.0563. The summed E-state index contributed by atoms with van der Waals surface area (Å²) >= 11 is 3.37. The molecule has 1 fully saturated rings. The molecule has 1 saturated heterocycles. The molecular weight excluding hydrogens is 316 g/mol. The average molecular weight is 333 g/mol. The Morgan fingerprint density at radius 3 is 2.56 bits per heavy atom. The summed E-state index contributed by atoms with van der Waals surface area (Å²) in [5.74, 6) is 0.338. The van der Waals surface area contributed by atoms with Crippen LogP contribution in [0.15, 0.2) is 30.3 Å². The summed E-state index contributed by atoms with van der Waals surface area (Å²) in [5.41, 5.74) is 1.29. The zero-order chi connectivity index (χ0) is 13.0. The first-order valence-electron chi connectivity index (χ1n) is 6.07. The second-order valence-electron chi connectivity index (χ2n) is 4.59. The van der Waals surface area contributed by atoms with Crippen LogP contribution >= 0.6 is 15.9 Å². The molecule has 0 radical (unpaired) electrons. The van der Waals surface area contributed by atoms with Gasteiger partial charge in [-0.15, -0.1) is 0 Å². The number of benzene rings is 1. The van der Waals surface area contributed by atoms with Crippen LogP contribution in [-0.4, -0.2) is 37.5 Å². The normalized spacial score (nSPS) is 26.3. The molecule has 1 aliphatic rings. The number of sulfone groups is 1. The van der Waals surface area contributed by atoms with Crippen molar-refractivity contribution in [2.24, 2.45) is 0 Å². The van der Waals surface area contributed by atoms with Crippen molar-refractivity contribution in [1.82, 2.24) is 0 Å². The van der Waals surface area contributed by atoms with E-state index in [-0.39, 0.29) is 22.4 Å². The zero-order valence-corrected chi connectivity index (χ0v) is 12.5. The molecule has 1 aliphatic heterocycles. The predicted octanol–water partition coefficient (Wildman–Crippen LogP) is 2.20. The molecule has 0 spiro atoms. The number of hydrogen-bond acceptors (Lipinski definition) is 3. The highest BCUT2D eigenvalue weighted by Crippen LogP contribution is 2.22. The van der Waals surface area contributed by atoms with Crippen LogP contribution in [0, 0.1) is 0 Å². The fraction of sp³-hybridized carbons (Fsp3) is 0.538. The number of halogens is 1. The lowest BCUT2D eigenvalue weighted by molar-refractivity contribution is 0.0738.